The Kier molecular flexibility index (Phi) is 20.9. The molecule has 0 spiro atoms. The fourth-order valence-corrected chi connectivity index (χ4v) is 7.96. The molecule has 0 unspecified atom stereocenters. The van der Waals surface area contributed by atoms with Gasteiger partial charge in [0.15, 0.2) is 0 Å². The number of piperidine rings is 2. The standard InChI is InChI=1S/2C25H32N2O.C2H2O4/c2*1-3-27(20-23-12-8-5-9-13-23)25(28)24-14-16-26(17-15-24)19-21(2)18-22-10-6-4-7-11-22;3-1(4)2(5)6/h2*4-13,18,24H,3,14-17,19-20H2,1-2H3;(H,3,4)(H,5,6)/b2*21-18+;. The molecule has 4 aromatic carbocycles. The summed E-state index contributed by atoms with van der Waals surface area (Å²) in [5.74, 6) is -2.67. The van der Waals surface area contributed by atoms with Gasteiger partial charge in [-0.1, -0.05) is 145 Å². The van der Waals surface area contributed by atoms with Crippen molar-refractivity contribution in [2.75, 3.05) is 52.4 Å². The maximum Gasteiger partial charge on any atom is 0.414 e. The highest BCUT2D eigenvalue weighted by molar-refractivity contribution is 6.27. The highest BCUT2D eigenvalue weighted by Crippen LogP contribution is 2.24. The van der Waals surface area contributed by atoms with E-state index in [4.69, 9.17) is 19.8 Å². The Bertz CT molecular complexity index is 1860. The monoisotopic (exact) mass is 842 g/mol. The molecule has 0 aromatic heterocycles. The molecule has 2 fully saturated rings. The predicted molar refractivity (Wildman–Crippen MR) is 249 cm³/mol. The Balaban J connectivity index is 0.000000241. The number of carboxylic acid groups (broad SMARTS) is 2. The molecule has 2 aliphatic rings. The summed E-state index contributed by atoms with van der Waals surface area (Å²) in [5.41, 5.74) is 7.66. The van der Waals surface area contributed by atoms with Gasteiger partial charge in [-0.05, 0) is 102 Å². The Labute approximate surface area is 369 Å². The van der Waals surface area contributed by atoms with Gasteiger partial charge in [-0.25, -0.2) is 9.59 Å². The zero-order chi connectivity index (χ0) is 44.7. The van der Waals surface area contributed by atoms with Crippen LogP contribution in [-0.2, 0) is 32.3 Å². The summed E-state index contributed by atoms with van der Waals surface area (Å²) >= 11 is 0. The number of carbonyl (C=O) groups is 4. The number of carbonyl (C=O) groups excluding carboxylic acids is 2. The van der Waals surface area contributed by atoms with Crippen LogP contribution in [0.5, 0.6) is 0 Å². The normalized spacial score (nSPS) is 15.3. The molecule has 0 saturated carbocycles. The Morgan fingerprint density at radius 1 is 0.516 bits per heavy atom. The molecule has 2 saturated heterocycles. The topological polar surface area (TPSA) is 122 Å². The van der Waals surface area contributed by atoms with E-state index >= 15 is 0 Å². The average molecular weight is 843 g/mol. The highest BCUT2D eigenvalue weighted by Gasteiger charge is 2.29. The first-order valence-electron chi connectivity index (χ1n) is 22.0. The van der Waals surface area contributed by atoms with Gasteiger partial charge in [-0.15, -0.1) is 0 Å². The van der Waals surface area contributed by atoms with Crippen molar-refractivity contribution in [2.45, 2.75) is 66.5 Å². The summed E-state index contributed by atoms with van der Waals surface area (Å²) < 4.78 is 0. The molecule has 0 bridgehead atoms. The van der Waals surface area contributed by atoms with Crippen molar-refractivity contribution in [3.8, 4) is 0 Å². The van der Waals surface area contributed by atoms with Gasteiger partial charge in [0.2, 0.25) is 11.8 Å². The summed E-state index contributed by atoms with van der Waals surface area (Å²) in [6.45, 7) is 17.5. The van der Waals surface area contributed by atoms with Crippen molar-refractivity contribution >= 4 is 35.9 Å². The van der Waals surface area contributed by atoms with Crippen LogP contribution in [0.4, 0.5) is 0 Å². The van der Waals surface area contributed by atoms with E-state index in [0.717, 1.165) is 91.1 Å². The number of carboxylic acids is 2. The highest BCUT2D eigenvalue weighted by atomic mass is 16.4. The van der Waals surface area contributed by atoms with Crippen molar-refractivity contribution in [3.05, 3.63) is 155 Å². The molecule has 62 heavy (non-hydrogen) atoms. The van der Waals surface area contributed by atoms with E-state index in [2.05, 4.69) is 122 Å². The minimum absolute atomic E-state index is 0.165. The number of aliphatic carboxylic acids is 2. The lowest BCUT2D eigenvalue weighted by atomic mass is 9.94. The van der Waals surface area contributed by atoms with Crippen molar-refractivity contribution in [1.82, 2.24) is 19.6 Å². The predicted octanol–water partition coefficient (Wildman–Crippen LogP) is 8.86. The van der Waals surface area contributed by atoms with Gasteiger partial charge in [0.05, 0.1) is 0 Å². The molecule has 2 amide bonds. The first-order chi connectivity index (χ1) is 29.9. The minimum Gasteiger partial charge on any atom is -0.473 e. The van der Waals surface area contributed by atoms with Gasteiger partial charge in [0, 0.05) is 51.1 Å². The SMILES string of the molecule is CCN(Cc1ccccc1)C(=O)C1CCN(C/C(C)=C/c2ccccc2)CC1.CCN(Cc1ccccc1)C(=O)C1CCN(C/C(C)=C/c2ccccc2)CC1.O=C(O)C(=O)O. The van der Waals surface area contributed by atoms with E-state index < -0.39 is 11.9 Å². The van der Waals surface area contributed by atoms with Crippen molar-refractivity contribution in [2.24, 2.45) is 11.8 Å². The fourth-order valence-electron chi connectivity index (χ4n) is 7.96. The van der Waals surface area contributed by atoms with Gasteiger partial charge in [-0.2, -0.15) is 0 Å². The summed E-state index contributed by atoms with van der Waals surface area (Å²) in [6, 6.07) is 41.5. The van der Waals surface area contributed by atoms with Crippen LogP contribution in [0.25, 0.3) is 12.2 Å². The molecule has 6 rings (SSSR count). The lowest BCUT2D eigenvalue weighted by molar-refractivity contribution is -0.159. The number of hydrogen-bond acceptors (Lipinski definition) is 6. The van der Waals surface area contributed by atoms with Gasteiger partial charge >= 0.3 is 11.9 Å². The number of likely N-dealkylation sites (tertiary alicyclic amines) is 2. The summed E-state index contributed by atoms with van der Waals surface area (Å²) in [7, 11) is 0. The molecule has 10 heteroatoms. The van der Waals surface area contributed by atoms with Crippen LogP contribution in [0.3, 0.4) is 0 Å². The van der Waals surface area contributed by atoms with Crippen LogP contribution in [0.2, 0.25) is 0 Å². The average Bonchev–Trinajstić information content (AvgIpc) is 3.29. The first-order valence-corrected chi connectivity index (χ1v) is 22.0. The van der Waals surface area contributed by atoms with Crippen molar-refractivity contribution in [3.63, 3.8) is 0 Å². The molecule has 4 aromatic rings. The van der Waals surface area contributed by atoms with Gasteiger partial charge in [0.25, 0.3) is 0 Å². The van der Waals surface area contributed by atoms with E-state index in [9.17, 15) is 9.59 Å². The van der Waals surface area contributed by atoms with E-state index in [1.165, 1.54) is 33.4 Å². The maximum absolute atomic E-state index is 13.0. The summed E-state index contributed by atoms with van der Waals surface area (Å²) in [5, 5.41) is 14.8. The zero-order valence-electron chi connectivity index (χ0n) is 37.1. The van der Waals surface area contributed by atoms with Crippen LogP contribution in [-0.4, -0.2) is 106 Å². The number of benzene rings is 4. The van der Waals surface area contributed by atoms with E-state index in [-0.39, 0.29) is 11.8 Å². The molecular formula is C52H66N4O6. The van der Waals surface area contributed by atoms with Crippen LogP contribution in [0, 0.1) is 11.8 Å². The zero-order valence-corrected chi connectivity index (χ0v) is 37.1. The molecule has 0 radical (unpaired) electrons. The lowest BCUT2D eigenvalue weighted by Gasteiger charge is -2.34. The second-order valence-electron chi connectivity index (χ2n) is 16.2. The van der Waals surface area contributed by atoms with Crippen LogP contribution in [0.15, 0.2) is 132 Å². The molecule has 2 N–H and O–H groups in total. The smallest absolute Gasteiger partial charge is 0.414 e. The third-order valence-corrected chi connectivity index (χ3v) is 11.2. The number of nitrogens with zero attached hydrogens (tertiary/aromatic N) is 4. The first kappa shape index (κ1) is 48.8. The molecule has 2 aliphatic heterocycles. The van der Waals surface area contributed by atoms with E-state index in [1.807, 2.05) is 58.3 Å². The largest absolute Gasteiger partial charge is 0.473 e. The second-order valence-corrected chi connectivity index (χ2v) is 16.2. The third-order valence-electron chi connectivity index (χ3n) is 11.2. The van der Waals surface area contributed by atoms with E-state index in [0.29, 0.717) is 11.8 Å². The number of amides is 2. The molecule has 0 atom stereocenters. The quantitative estimate of drug-likeness (QED) is 0.121. The molecule has 10 nitrogen and oxygen atoms in total. The molecule has 330 valence electrons. The van der Waals surface area contributed by atoms with Gasteiger partial charge in [-0.3, -0.25) is 19.4 Å². The van der Waals surface area contributed by atoms with Crippen LogP contribution >= 0.6 is 0 Å². The molecule has 0 aliphatic carbocycles. The molecule has 2 heterocycles. The van der Waals surface area contributed by atoms with Gasteiger partial charge < -0.3 is 20.0 Å². The minimum atomic E-state index is -1.82. The number of rotatable bonds is 14. The third kappa shape index (κ3) is 17.3. The summed E-state index contributed by atoms with van der Waals surface area (Å²) in [6.07, 6.45) is 8.36. The fraction of sp³-hybridized carbons (Fsp3) is 0.385. The maximum atomic E-state index is 13.0. The number of hydrogen-bond donors (Lipinski definition) is 2. The second kappa shape index (κ2) is 26.5. The summed E-state index contributed by atoms with van der Waals surface area (Å²) in [4.78, 5) is 53.2. The van der Waals surface area contributed by atoms with Crippen molar-refractivity contribution in [1.29, 1.82) is 0 Å². The van der Waals surface area contributed by atoms with Crippen molar-refractivity contribution < 1.29 is 29.4 Å². The molecular weight excluding hydrogens is 777 g/mol. The van der Waals surface area contributed by atoms with Crippen LogP contribution < -0.4 is 0 Å². The van der Waals surface area contributed by atoms with Gasteiger partial charge in [0.1, 0.15) is 0 Å². The Morgan fingerprint density at radius 2 is 0.806 bits per heavy atom. The van der Waals surface area contributed by atoms with Crippen LogP contribution in [0.1, 0.15) is 75.6 Å². The lowest BCUT2D eigenvalue weighted by Crippen LogP contribution is -2.42. The van der Waals surface area contributed by atoms with E-state index in [1.54, 1.807) is 0 Å². The Morgan fingerprint density at radius 3 is 1.08 bits per heavy atom. The Hall–Kier alpha value is -5.84.